The predicted octanol–water partition coefficient (Wildman–Crippen LogP) is 3.61. The fraction of sp³-hybridized carbons (Fsp3) is 0.476. The zero-order chi connectivity index (χ0) is 18.5. The maximum absolute atomic E-state index is 13.9. The minimum absolute atomic E-state index is 0.103. The van der Waals surface area contributed by atoms with Crippen LogP contribution in [0.1, 0.15) is 29.7 Å². The van der Waals surface area contributed by atoms with Crippen LogP contribution in [0.4, 0.5) is 4.39 Å². The Kier molecular flexibility index (Phi) is 6.22. The molecule has 1 unspecified atom stereocenters. The average molecular weight is 356 g/mol. The van der Waals surface area contributed by atoms with Gasteiger partial charge in [-0.25, -0.2) is 4.39 Å². The number of halogens is 1. The Morgan fingerprint density at radius 1 is 1.35 bits per heavy atom. The quantitative estimate of drug-likeness (QED) is 0.708. The van der Waals surface area contributed by atoms with E-state index in [1.807, 2.05) is 22.9 Å². The van der Waals surface area contributed by atoms with Gasteiger partial charge in [0.2, 0.25) is 0 Å². The summed E-state index contributed by atoms with van der Waals surface area (Å²) in [5, 5.41) is 4.55. The van der Waals surface area contributed by atoms with Crippen molar-refractivity contribution in [2.45, 2.75) is 45.4 Å². The van der Waals surface area contributed by atoms with E-state index in [0.717, 1.165) is 43.9 Å². The lowest BCUT2D eigenvalue weighted by molar-refractivity contribution is 0.106. The summed E-state index contributed by atoms with van der Waals surface area (Å²) in [6.45, 7) is 10.2. The van der Waals surface area contributed by atoms with Gasteiger partial charge in [0.05, 0.1) is 12.2 Å². The second-order valence-corrected chi connectivity index (χ2v) is 7.29. The highest BCUT2D eigenvalue weighted by Gasteiger charge is 2.24. The smallest absolute Gasteiger partial charge is 0.127 e. The number of benzene rings is 1. The van der Waals surface area contributed by atoms with Crippen molar-refractivity contribution in [3.05, 3.63) is 65.8 Å². The zero-order valence-corrected chi connectivity index (χ0v) is 15.9. The summed E-state index contributed by atoms with van der Waals surface area (Å²) in [7, 11) is 2.18. The van der Waals surface area contributed by atoms with Gasteiger partial charge in [-0.2, -0.15) is 5.10 Å². The lowest BCUT2D eigenvalue weighted by Gasteiger charge is -2.37. The SMILES string of the molecule is C=CCn1cc(CN(C)C2CCCN(Cc3ccccc3F)C2)c(C)n1. The van der Waals surface area contributed by atoms with Gasteiger partial charge in [0.25, 0.3) is 0 Å². The zero-order valence-electron chi connectivity index (χ0n) is 15.9. The normalized spacial score (nSPS) is 18.4. The van der Waals surface area contributed by atoms with E-state index in [-0.39, 0.29) is 5.82 Å². The minimum atomic E-state index is -0.103. The second-order valence-electron chi connectivity index (χ2n) is 7.29. The van der Waals surface area contributed by atoms with Crippen molar-refractivity contribution in [1.29, 1.82) is 0 Å². The number of nitrogens with zero attached hydrogens (tertiary/aromatic N) is 4. The highest BCUT2D eigenvalue weighted by atomic mass is 19.1. The Hall–Kier alpha value is -1.98. The van der Waals surface area contributed by atoms with Crippen LogP contribution < -0.4 is 0 Å². The molecule has 1 saturated heterocycles. The van der Waals surface area contributed by atoms with E-state index < -0.39 is 0 Å². The highest BCUT2D eigenvalue weighted by molar-refractivity contribution is 5.17. The van der Waals surface area contributed by atoms with Crippen LogP contribution in [-0.2, 0) is 19.6 Å². The van der Waals surface area contributed by atoms with Crippen LogP contribution in [0.3, 0.4) is 0 Å². The molecule has 5 heteroatoms. The van der Waals surface area contributed by atoms with Crippen LogP contribution in [0.15, 0.2) is 43.1 Å². The monoisotopic (exact) mass is 356 g/mol. The standard InChI is InChI=1S/C21H29FN4/c1-4-11-26-15-19(17(2)23-26)13-24(3)20-9-7-12-25(16-20)14-18-8-5-6-10-21(18)22/h4-6,8,10,15,20H,1,7,9,11-14,16H2,2-3H3. The number of allylic oxidation sites excluding steroid dienone is 1. The molecule has 1 aromatic heterocycles. The first-order valence-corrected chi connectivity index (χ1v) is 9.36. The third-order valence-electron chi connectivity index (χ3n) is 5.24. The van der Waals surface area contributed by atoms with Crippen molar-refractivity contribution in [2.75, 3.05) is 20.1 Å². The molecule has 0 spiro atoms. The van der Waals surface area contributed by atoms with E-state index in [4.69, 9.17) is 0 Å². The largest absolute Gasteiger partial charge is 0.298 e. The molecule has 26 heavy (non-hydrogen) atoms. The number of hydrogen-bond donors (Lipinski definition) is 0. The molecule has 0 aliphatic carbocycles. The number of rotatable bonds is 7. The molecule has 1 aliphatic heterocycles. The Morgan fingerprint density at radius 2 is 2.15 bits per heavy atom. The van der Waals surface area contributed by atoms with Crippen LogP contribution in [0.5, 0.6) is 0 Å². The molecule has 1 fully saturated rings. The lowest BCUT2D eigenvalue weighted by atomic mass is 10.0. The van der Waals surface area contributed by atoms with Crippen LogP contribution in [0.25, 0.3) is 0 Å². The second kappa shape index (κ2) is 8.60. The van der Waals surface area contributed by atoms with Crippen LogP contribution in [-0.4, -0.2) is 45.8 Å². The Labute approximate surface area is 155 Å². The van der Waals surface area contributed by atoms with Crippen molar-refractivity contribution in [3.8, 4) is 0 Å². The molecule has 0 N–H and O–H groups in total. The number of hydrogen-bond acceptors (Lipinski definition) is 3. The number of likely N-dealkylation sites (N-methyl/N-ethyl adjacent to an activating group) is 1. The van der Waals surface area contributed by atoms with Crippen molar-refractivity contribution in [1.82, 2.24) is 19.6 Å². The first-order valence-electron chi connectivity index (χ1n) is 9.36. The molecule has 2 heterocycles. The fourth-order valence-corrected chi connectivity index (χ4v) is 3.74. The molecule has 1 aromatic carbocycles. The summed E-state index contributed by atoms with van der Waals surface area (Å²) in [6, 6.07) is 7.58. The van der Waals surface area contributed by atoms with Crippen LogP contribution in [0, 0.1) is 12.7 Å². The summed E-state index contributed by atoms with van der Waals surface area (Å²) >= 11 is 0. The number of likely N-dealkylation sites (tertiary alicyclic amines) is 1. The molecule has 1 aliphatic rings. The van der Waals surface area contributed by atoms with Gasteiger partial charge in [0.1, 0.15) is 5.82 Å². The fourth-order valence-electron chi connectivity index (χ4n) is 3.74. The van der Waals surface area contributed by atoms with Gasteiger partial charge < -0.3 is 0 Å². The molecule has 4 nitrogen and oxygen atoms in total. The summed E-state index contributed by atoms with van der Waals surface area (Å²) in [5.74, 6) is -0.103. The molecule has 0 bridgehead atoms. The van der Waals surface area contributed by atoms with Gasteiger partial charge in [0.15, 0.2) is 0 Å². The third-order valence-corrected chi connectivity index (χ3v) is 5.24. The molecule has 3 rings (SSSR count). The Bertz CT molecular complexity index is 739. The van der Waals surface area contributed by atoms with Crippen molar-refractivity contribution in [2.24, 2.45) is 0 Å². The van der Waals surface area contributed by atoms with Gasteiger partial charge in [-0.15, -0.1) is 6.58 Å². The molecule has 1 atom stereocenters. The first kappa shape index (κ1) is 18.8. The van der Waals surface area contributed by atoms with Gasteiger partial charge >= 0.3 is 0 Å². The van der Waals surface area contributed by atoms with Gasteiger partial charge in [-0.1, -0.05) is 24.3 Å². The maximum atomic E-state index is 13.9. The van der Waals surface area contributed by atoms with E-state index in [0.29, 0.717) is 12.6 Å². The number of aryl methyl sites for hydroxylation is 1. The Balaban J connectivity index is 1.60. The minimum Gasteiger partial charge on any atom is -0.298 e. The number of aromatic nitrogens is 2. The molecule has 140 valence electrons. The molecule has 2 aromatic rings. The maximum Gasteiger partial charge on any atom is 0.127 e. The topological polar surface area (TPSA) is 24.3 Å². The van der Waals surface area contributed by atoms with E-state index in [2.05, 4.69) is 41.6 Å². The molecule has 0 amide bonds. The van der Waals surface area contributed by atoms with E-state index in [1.54, 1.807) is 12.1 Å². The average Bonchev–Trinajstić information content (AvgIpc) is 2.97. The van der Waals surface area contributed by atoms with E-state index in [1.165, 1.54) is 12.0 Å². The van der Waals surface area contributed by atoms with Crippen molar-refractivity contribution < 1.29 is 4.39 Å². The first-order chi connectivity index (χ1) is 12.6. The van der Waals surface area contributed by atoms with Crippen molar-refractivity contribution >= 4 is 0 Å². The molecule has 0 saturated carbocycles. The molecule has 0 radical (unpaired) electrons. The lowest BCUT2D eigenvalue weighted by Crippen LogP contribution is -2.45. The van der Waals surface area contributed by atoms with E-state index in [9.17, 15) is 4.39 Å². The van der Waals surface area contributed by atoms with Gasteiger partial charge in [-0.3, -0.25) is 14.5 Å². The number of piperidine rings is 1. The van der Waals surface area contributed by atoms with Crippen LogP contribution >= 0.6 is 0 Å². The van der Waals surface area contributed by atoms with Gasteiger partial charge in [0, 0.05) is 43.0 Å². The summed E-state index contributed by atoms with van der Waals surface area (Å²) in [4.78, 5) is 4.78. The summed E-state index contributed by atoms with van der Waals surface area (Å²) in [6.07, 6.45) is 6.32. The Morgan fingerprint density at radius 3 is 2.92 bits per heavy atom. The molecular formula is C21H29FN4. The van der Waals surface area contributed by atoms with E-state index >= 15 is 0 Å². The highest BCUT2D eigenvalue weighted by Crippen LogP contribution is 2.20. The summed E-state index contributed by atoms with van der Waals surface area (Å²) < 4.78 is 15.9. The third kappa shape index (κ3) is 4.59. The van der Waals surface area contributed by atoms with Crippen LogP contribution in [0.2, 0.25) is 0 Å². The van der Waals surface area contributed by atoms with Gasteiger partial charge in [-0.05, 0) is 39.4 Å². The summed E-state index contributed by atoms with van der Waals surface area (Å²) in [5.41, 5.74) is 3.13. The predicted molar refractivity (Wildman–Crippen MR) is 103 cm³/mol. The molecular weight excluding hydrogens is 327 g/mol. The van der Waals surface area contributed by atoms with Crippen molar-refractivity contribution in [3.63, 3.8) is 0 Å².